The summed E-state index contributed by atoms with van der Waals surface area (Å²) < 4.78 is 0. The molecule has 0 aromatic carbocycles. The third-order valence-electron chi connectivity index (χ3n) is 1.77. The highest BCUT2D eigenvalue weighted by Crippen LogP contribution is 2.06. The SMILES string of the molecule is CC(C)(N)CN1CC=CCC1.Cl.Cl. The van der Waals surface area contributed by atoms with Crippen LogP contribution in [0.5, 0.6) is 0 Å². The van der Waals surface area contributed by atoms with Gasteiger partial charge in [-0.05, 0) is 20.3 Å². The molecule has 0 amide bonds. The second-order valence-electron chi connectivity index (χ2n) is 3.98. The van der Waals surface area contributed by atoms with E-state index < -0.39 is 0 Å². The Bertz CT molecular complexity index is 152. The van der Waals surface area contributed by atoms with Crippen LogP contribution in [0.2, 0.25) is 0 Å². The van der Waals surface area contributed by atoms with Crippen LogP contribution < -0.4 is 5.73 Å². The molecule has 0 radical (unpaired) electrons. The number of hydrogen-bond donors (Lipinski definition) is 1. The van der Waals surface area contributed by atoms with Crippen molar-refractivity contribution >= 4 is 24.8 Å². The minimum atomic E-state index is -0.0504. The van der Waals surface area contributed by atoms with Crippen molar-refractivity contribution in [2.45, 2.75) is 25.8 Å². The molecule has 0 unspecified atom stereocenters. The van der Waals surface area contributed by atoms with Crippen LogP contribution in [-0.2, 0) is 0 Å². The summed E-state index contributed by atoms with van der Waals surface area (Å²) in [5.74, 6) is 0. The summed E-state index contributed by atoms with van der Waals surface area (Å²) in [5, 5.41) is 0. The zero-order valence-electron chi connectivity index (χ0n) is 8.32. The lowest BCUT2D eigenvalue weighted by atomic mass is 10.1. The first-order chi connectivity index (χ1) is 5.08. The van der Waals surface area contributed by atoms with Gasteiger partial charge in [0.25, 0.3) is 0 Å². The molecular weight excluding hydrogens is 207 g/mol. The molecule has 1 rings (SSSR count). The van der Waals surface area contributed by atoms with Crippen molar-refractivity contribution in [3.05, 3.63) is 12.2 Å². The molecule has 0 spiro atoms. The molecule has 80 valence electrons. The minimum Gasteiger partial charge on any atom is -0.324 e. The minimum absolute atomic E-state index is 0. The van der Waals surface area contributed by atoms with E-state index in [0.717, 1.165) is 19.6 Å². The molecule has 0 bridgehead atoms. The molecule has 13 heavy (non-hydrogen) atoms. The van der Waals surface area contributed by atoms with Gasteiger partial charge in [0.05, 0.1) is 0 Å². The van der Waals surface area contributed by atoms with E-state index in [9.17, 15) is 0 Å². The van der Waals surface area contributed by atoms with Crippen molar-refractivity contribution in [3.8, 4) is 0 Å². The average Bonchev–Trinajstić information content (AvgIpc) is 1.85. The molecule has 0 saturated heterocycles. The van der Waals surface area contributed by atoms with Crippen molar-refractivity contribution in [3.63, 3.8) is 0 Å². The lowest BCUT2D eigenvalue weighted by Crippen LogP contribution is -2.46. The number of hydrogen-bond acceptors (Lipinski definition) is 2. The Labute approximate surface area is 93.4 Å². The van der Waals surface area contributed by atoms with Crippen LogP contribution >= 0.6 is 24.8 Å². The van der Waals surface area contributed by atoms with Crippen LogP contribution in [0, 0.1) is 0 Å². The monoisotopic (exact) mass is 226 g/mol. The number of nitrogens with zero attached hydrogens (tertiary/aromatic N) is 1. The third kappa shape index (κ3) is 7.32. The fraction of sp³-hybridized carbons (Fsp3) is 0.778. The Hall–Kier alpha value is 0.240. The van der Waals surface area contributed by atoms with E-state index in [2.05, 4.69) is 30.9 Å². The molecule has 0 atom stereocenters. The second-order valence-corrected chi connectivity index (χ2v) is 3.98. The molecule has 2 N–H and O–H groups in total. The number of rotatable bonds is 2. The van der Waals surface area contributed by atoms with Crippen LogP contribution in [0.4, 0.5) is 0 Å². The van der Waals surface area contributed by atoms with Gasteiger partial charge in [0.2, 0.25) is 0 Å². The van der Waals surface area contributed by atoms with E-state index in [1.165, 1.54) is 6.42 Å². The Morgan fingerprint density at radius 1 is 1.31 bits per heavy atom. The van der Waals surface area contributed by atoms with E-state index in [0.29, 0.717) is 0 Å². The van der Waals surface area contributed by atoms with Crippen LogP contribution in [-0.4, -0.2) is 30.1 Å². The Balaban J connectivity index is 0. The van der Waals surface area contributed by atoms with Crippen LogP contribution in [0.15, 0.2) is 12.2 Å². The van der Waals surface area contributed by atoms with Gasteiger partial charge in [-0.15, -0.1) is 24.8 Å². The fourth-order valence-corrected chi connectivity index (χ4v) is 1.41. The summed E-state index contributed by atoms with van der Waals surface area (Å²) in [6, 6.07) is 0. The van der Waals surface area contributed by atoms with Gasteiger partial charge in [-0.1, -0.05) is 12.2 Å². The van der Waals surface area contributed by atoms with Crippen molar-refractivity contribution < 1.29 is 0 Å². The summed E-state index contributed by atoms with van der Waals surface area (Å²) in [6.07, 6.45) is 5.63. The maximum Gasteiger partial charge on any atom is 0.0226 e. The first-order valence-electron chi connectivity index (χ1n) is 4.24. The van der Waals surface area contributed by atoms with Gasteiger partial charge in [0, 0.05) is 25.2 Å². The van der Waals surface area contributed by atoms with Crippen molar-refractivity contribution in [1.82, 2.24) is 4.90 Å². The van der Waals surface area contributed by atoms with Gasteiger partial charge in [-0.25, -0.2) is 0 Å². The molecule has 1 heterocycles. The first-order valence-corrected chi connectivity index (χ1v) is 4.24. The highest BCUT2D eigenvalue weighted by molar-refractivity contribution is 5.85. The second kappa shape index (κ2) is 6.66. The van der Waals surface area contributed by atoms with E-state index in [1.807, 2.05) is 0 Å². The maximum absolute atomic E-state index is 5.90. The average molecular weight is 227 g/mol. The topological polar surface area (TPSA) is 29.3 Å². The summed E-state index contributed by atoms with van der Waals surface area (Å²) in [4.78, 5) is 2.39. The van der Waals surface area contributed by atoms with E-state index in [1.54, 1.807) is 0 Å². The van der Waals surface area contributed by atoms with Gasteiger partial charge >= 0.3 is 0 Å². The van der Waals surface area contributed by atoms with Gasteiger partial charge in [-0.3, -0.25) is 4.90 Å². The van der Waals surface area contributed by atoms with Crippen LogP contribution in [0.3, 0.4) is 0 Å². The molecule has 4 heteroatoms. The lowest BCUT2D eigenvalue weighted by molar-refractivity contribution is 0.244. The quantitative estimate of drug-likeness (QED) is 0.729. The van der Waals surface area contributed by atoms with Gasteiger partial charge in [0.15, 0.2) is 0 Å². The summed E-state index contributed by atoms with van der Waals surface area (Å²) in [5.41, 5.74) is 5.85. The zero-order chi connectivity index (χ0) is 8.32. The number of nitrogens with two attached hydrogens (primary N) is 1. The van der Waals surface area contributed by atoms with Gasteiger partial charge in [0.1, 0.15) is 0 Å². The highest BCUT2D eigenvalue weighted by Gasteiger charge is 2.16. The van der Waals surface area contributed by atoms with Gasteiger partial charge < -0.3 is 5.73 Å². The molecule has 0 aromatic rings. The molecular formula is C9H20Cl2N2. The Kier molecular flexibility index (Phi) is 8.04. The normalized spacial score (nSPS) is 17.5. The molecule has 0 aliphatic carbocycles. The van der Waals surface area contributed by atoms with Crippen molar-refractivity contribution in [2.24, 2.45) is 5.73 Å². The molecule has 0 aromatic heterocycles. The first kappa shape index (κ1) is 15.7. The van der Waals surface area contributed by atoms with Gasteiger partial charge in [-0.2, -0.15) is 0 Å². The molecule has 0 saturated carbocycles. The molecule has 1 aliphatic heterocycles. The van der Waals surface area contributed by atoms with E-state index in [-0.39, 0.29) is 30.4 Å². The fourth-order valence-electron chi connectivity index (χ4n) is 1.41. The predicted octanol–water partition coefficient (Wildman–Crippen LogP) is 1.83. The molecule has 2 nitrogen and oxygen atoms in total. The smallest absolute Gasteiger partial charge is 0.0226 e. The standard InChI is InChI=1S/C9H18N2.2ClH/c1-9(2,10)8-11-6-4-3-5-7-11;;/h3-4H,5-8,10H2,1-2H3;2*1H. The highest BCUT2D eigenvalue weighted by atomic mass is 35.5. The third-order valence-corrected chi connectivity index (χ3v) is 1.77. The van der Waals surface area contributed by atoms with E-state index >= 15 is 0 Å². The number of halogens is 2. The summed E-state index contributed by atoms with van der Waals surface area (Å²) >= 11 is 0. The van der Waals surface area contributed by atoms with Crippen molar-refractivity contribution in [1.29, 1.82) is 0 Å². The Morgan fingerprint density at radius 2 is 1.92 bits per heavy atom. The largest absolute Gasteiger partial charge is 0.324 e. The molecule has 0 fully saturated rings. The lowest BCUT2D eigenvalue weighted by Gasteiger charge is -2.30. The Morgan fingerprint density at radius 3 is 2.31 bits per heavy atom. The van der Waals surface area contributed by atoms with Crippen LogP contribution in [0.1, 0.15) is 20.3 Å². The van der Waals surface area contributed by atoms with E-state index in [4.69, 9.17) is 5.73 Å². The molecule has 1 aliphatic rings. The zero-order valence-corrected chi connectivity index (χ0v) is 9.96. The predicted molar refractivity (Wildman–Crippen MR) is 63.0 cm³/mol. The summed E-state index contributed by atoms with van der Waals surface area (Å²) in [6.45, 7) is 7.38. The maximum atomic E-state index is 5.90. The van der Waals surface area contributed by atoms with Crippen molar-refractivity contribution in [2.75, 3.05) is 19.6 Å². The summed E-state index contributed by atoms with van der Waals surface area (Å²) in [7, 11) is 0. The van der Waals surface area contributed by atoms with Crippen LogP contribution in [0.25, 0.3) is 0 Å².